The van der Waals surface area contributed by atoms with Gasteiger partial charge in [0.25, 0.3) is 5.82 Å². The SMILES string of the molecule is CCOC(=O)c1nnnn1CCOC(C)(C)C. The van der Waals surface area contributed by atoms with Crippen LogP contribution in [0.3, 0.4) is 0 Å². The first-order valence-corrected chi connectivity index (χ1v) is 5.51. The maximum absolute atomic E-state index is 11.5. The lowest BCUT2D eigenvalue weighted by atomic mass is 10.2. The van der Waals surface area contributed by atoms with Gasteiger partial charge in [0.2, 0.25) is 0 Å². The average Bonchev–Trinajstić information content (AvgIpc) is 2.64. The maximum atomic E-state index is 11.5. The maximum Gasteiger partial charge on any atom is 0.378 e. The highest BCUT2D eigenvalue weighted by Gasteiger charge is 2.17. The molecule has 0 saturated carbocycles. The lowest BCUT2D eigenvalue weighted by Crippen LogP contribution is -2.23. The summed E-state index contributed by atoms with van der Waals surface area (Å²) in [6.07, 6.45) is 0. The number of rotatable bonds is 5. The topological polar surface area (TPSA) is 79.1 Å². The molecule has 1 heterocycles. The highest BCUT2D eigenvalue weighted by Crippen LogP contribution is 2.06. The van der Waals surface area contributed by atoms with Gasteiger partial charge in [0, 0.05) is 0 Å². The molecule has 0 radical (unpaired) electrons. The van der Waals surface area contributed by atoms with Crippen LogP contribution in [-0.4, -0.2) is 45.0 Å². The normalized spacial score (nSPS) is 11.5. The van der Waals surface area contributed by atoms with Gasteiger partial charge in [-0.05, 0) is 38.1 Å². The fourth-order valence-corrected chi connectivity index (χ4v) is 1.14. The summed E-state index contributed by atoms with van der Waals surface area (Å²) >= 11 is 0. The third-order valence-electron chi connectivity index (χ3n) is 1.83. The molecule has 0 aliphatic heterocycles. The Morgan fingerprint density at radius 1 is 1.41 bits per heavy atom. The van der Waals surface area contributed by atoms with Gasteiger partial charge < -0.3 is 9.47 Å². The first-order valence-electron chi connectivity index (χ1n) is 5.51. The summed E-state index contributed by atoms with van der Waals surface area (Å²) in [5, 5.41) is 10.8. The molecule has 96 valence electrons. The van der Waals surface area contributed by atoms with Crippen LogP contribution >= 0.6 is 0 Å². The van der Waals surface area contributed by atoms with Gasteiger partial charge in [-0.3, -0.25) is 0 Å². The summed E-state index contributed by atoms with van der Waals surface area (Å²) in [4.78, 5) is 11.5. The summed E-state index contributed by atoms with van der Waals surface area (Å²) in [6.45, 7) is 8.74. The standard InChI is InChI=1S/C10H18N4O3/c1-5-16-9(15)8-11-12-13-14(8)6-7-17-10(2,3)4/h5-7H2,1-4H3. The van der Waals surface area contributed by atoms with E-state index < -0.39 is 5.97 Å². The van der Waals surface area contributed by atoms with Gasteiger partial charge in [0.05, 0.1) is 25.4 Å². The largest absolute Gasteiger partial charge is 0.460 e. The van der Waals surface area contributed by atoms with Crippen molar-refractivity contribution in [1.82, 2.24) is 20.2 Å². The Balaban J connectivity index is 2.54. The minimum absolute atomic E-state index is 0.101. The number of nitrogens with zero attached hydrogens (tertiary/aromatic N) is 4. The molecule has 0 unspecified atom stereocenters. The fourth-order valence-electron chi connectivity index (χ4n) is 1.14. The second kappa shape index (κ2) is 5.72. The van der Waals surface area contributed by atoms with Crippen LogP contribution in [0.2, 0.25) is 0 Å². The Kier molecular flexibility index (Phi) is 4.56. The quantitative estimate of drug-likeness (QED) is 0.706. The van der Waals surface area contributed by atoms with Gasteiger partial charge in [0.1, 0.15) is 0 Å². The molecule has 0 aliphatic rings. The number of carbonyl (C=O) groups is 1. The molecule has 0 spiro atoms. The van der Waals surface area contributed by atoms with Crippen molar-refractivity contribution in [3.8, 4) is 0 Å². The molecule has 7 heteroatoms. The average molecular weight is 242 g/mol. The number of hydrogen-bond donors (Lipinski definition) is 0. The highest BCUT2D eigenvalue weighted by molar-refractivity contribution is 5.85. The van der Waals surface area contributed by atoms with Crippen molar-refractivity contribution < 1.29 is 14.3 Å². The number of ether oxygens (including phenoxy) is 2. The van der Waals surface area contributed by atoms with Crippen LogP contribution in [0.1, 0.15) is 38.3 Å². The molecule has 7 nitrogen and oxygen atoms in total. The molecular weight excluding hydrogens is 224 g/mol. The third kappa shape index (κ3) is 4.48. The molecule has 0 saturated heterocycles. The van der Waals surface area contributed by atoms with E-state index in [1.807, 2.05) is 20.8 Å². The third-order valence-corrected chi connectivity index (χ3v) is 1.83. The minimum Gasteiger partial charge on any atom is -0.460 e. The van der Waals surface area contributed by atoms with E-state index in [4.69, 9.17) is 9.47 Å². The molecule has 1 rings (SSSR count). The Morgan fingerprint density at radius 3 is 2.71 bits per heavy atom. The van der Waals surface area contributed by atoms with Crippen LogP contribution in [0.15, 0.2) is 0 Å². The Hall–Kier alpha value is -1.50. The summed E-state index contributed by atoms with van der Waals surface area (Å²) in [5.41, 5.74) is -0.224. The van der Waals surface area contributed by atoms with Crippen LogP contribution in [0.5, 0.6) is 0 Å². The number of aromatic nitrogens is 4. The van der Waals surface area contributed by atoms with Gasteiger partial charge in [-0.1, -0.05) is 0 Å². The monoisotopic (exact) mass is 242 g/mol. The molecule has 0 bridgehead atoms. The van der Waals surface area contributed by atoms with Crippen molar-refractivity contribution in [3.05, 3.63) is 5.82 Å². The van der Waals surface area contributed by atoms with E-state index >= 15 is 0 Å². The molecule has 0 aromatic carbocycles. The van der Waals surface area contributed by atoms with Gasteiger partial charge in [0.15, 0.2) is 0 Å². The summed E-state index contributed by atoms with van der Waals surface area (Å²) in [6, 6.07) is 0. The molecule has 1 aromatic rings. The predicted octanol–water partition coefficient (Wildman–Crippen LogP) is 0.665. The van der Waals surface area contributed by atoms with E-state index in [1.165, 1.54) is 4.68 Å². The predicted molar refractivity (Wildman–Crippen MR) is 59.5 cm³/mol. The van der Waals surface area contributed by atoms with Crippen molar-refractivity contribution >= 4 is 5.97 Å². The molecule has 0 aliphatic carbocycles. The Bertz CT molecular complexity index is 370. The van der Waals surface area contributed by atoms with Crippen molar-refractivity contribution in [3.63, 3.8) is 0 Å². The molecular formula is C10H18N4O3. The zero-order valence-corrected chi connectivity index (χ0v) is 10.6. The summed E-state index contributed by atoms with van der Waals surface area (Å²) < 4.78 is 11.7. The number of hydrogen-bond acceptors (Lipinski definition) is 6. The summed E-state index contributed by atoms with van der Waals surface area (Å²) in [5.74, 6) is -0.419. The minimum atomic E-state index is -0.520. The number of carbonyl (C=O) groups excluding carboxylic acids is 1. The van der Waals surface area contributed by atoms with E-state index in [1.54, 1.807) is 6.92 Å². The smallest absolute Gasteiger partial charge is 0.378 e. The second-order valence-electron chi connectivity index (χ2n) is 4.41. The number of tetrazole rings is 1. The van der Waals surface area contributed by atoms with Crippen LogP contribution < -0.4 is 0 Å². The highest BCUT2D eigenvalue weighted by atomic mass is 16.5. The van der Waals surface area contributed by atoms with Crippen molar-refractivity contribution in [2.24, 2.45) is 0 Å². The Labute approximate surface area is 100 Å². The van der Waals surface area contributed by atoms with E-state index in [9.17, 15) is 4.79 Å². The van der Waals surface area contributed by atoms with E-state index in [0.29, 0.717) is 19.8 Å². The molecule has 0 amide bonds. The van der Waals surface area contributed by atoms with Crippen LogP contribution in [0.4, 0.5) is 0 Å². The van der Waals surface area contributed by atoms with Crippen molar-refractivity contribution in [1.29, 1.82) is 0 Å². The lowest BCUT2D eigenvalue weighted by molar-refractivity contribution is -0.00847. The summed E-state index contributed by atoms with van der Waals surface area (Å²) in [7, 11) is 0. The van der Waals surface area contributed by atoms with Crippen LogP contribution in [-0.2, 0) is 16.0 Å². The fraction of sp³-hybridized carbons (Fsp3) is 0.800. The lowest BCUT2D eigenvalue weighted by Gasteiger charge is -2.19. The zero-order valence-electron chi connectivity index (χ0n) is 10.6. The first-order chi connectivity index (χ1) is 7.94. The molecule has 0 N–H and O–H groups in total. The van der Waals surface area contributed by atoms with Gasteiger partial charge in [-0.2, -0.15) is 0 Å². The zero-order chi connectivity index (χ0) is 12.9. The van der Waals surface area contributed by atoms with Gasteiger partial charge in [-0.15, -0.1) is 5.10 Å². The number of esters is 1. The molecule has 0 atom stereocenters. The molecule has 0 fully saturated rings. The molecule has 1 aromatic heterocycles. The Morgan fingerprint density at radius 2 is 2.12 bits per heavy atom. The first kappa shape index (κ1) is 13.6. The van der Waals surface area contributed by atoms with E-state index in [2.05, 4.69) is 15.5 Å². The molecule has 17 heavy (non-hydrogen) atoms. The van der Waals surface area contributed by atoms with Crippen LogP contribution in [0, 0.1) is 0 Å². The van der Waals surface area contributed by atoms with Crippen LogP contribution in [0.25, 0.3) is 0 Å². The van der Waals surface area contributed by atoms with Crippen molar-refractivity contribution in [2.45, 2.75) is 39.8 Å². The van der Waals surface area contributed by atoms with E-state index in [-0.39, 0.29) is 11.4 Å². The van der Waals surface area contributed by atoms with E-state index in [0.717, 1.165) is 0 Å². The second-order valence-corrected chi connectivity index (χ2v) is 4.41. The van der Waals surface area contributed by atoms with Crippen molar-refractivity contribution in [2.75, 3.05) is 13.2 Å². The van der Waals surface area contributed by atoms with Gasteiger partial charge in [-0.25, -0.2) is 9.48 Å². The van der Waals surface area contributed by atoms with Gasteiger partial charge >= 0.3 is 5.97 Å².